The first-order valence-electron chi connectivity index (χ1n) is 5.45. The Morgan fingerprint density at radius 2 is 1.90 bits per heavy atom. The van der Waals surface area contributed by atoms with Crippen LogP contribution in [-0.2, 0) is 10.0 Å². The molecule has 1 heterocycles. The summed E-state index contributed by atoms with van der Waals surface area (Å²) in [4.78, 5) is 0.896. The smallest absolute Gasteiger partial charge is 0.263 e. The highest BCUT2D eigenvalue weighted by molar-refractivity contribution is 9.11. The van der Waals surface area contributed by atoms with E-state index < -0.39 is 10.0 Å². The van der Waals surface area contributed by atoms with Gasteiger partial charge in [-0.05, 0) is 47.5 Å². The van der Waals surface area contributed by atoms with E-state index in [1.54, 1.807) is 32.0 Å². The molecule has 0 radical (unpaired) electrons. The predicted octanol–water partition coefficient (Wildman–Crippen LogP) is 5.24. The van der Waals surface area contributed by atoms with Gasteiger partial charge in [0.15, 0.2) is 0 Å². The number of rotatable bonds is 3. The Bertz CT molecular complexity index is 772. The summed E-state index contributed by atoms with van der Waals surface area (Å²) in [7, 11) is -3.72. The van der Waals surface area contributed by atoms with Crippen LogP contribution < -0.4 is 4.72 Å². The van der Waals surface area contributed by atoms with Crippen molar-refractivity contribution in [3.05, 3.63) is 42.5 Å². The molecule has 0 fully saturated rings. The highest BCUT2D eigenvalue weighted by Crippen LogP contribution is 2.36. The van der Waals surface area contributed by atoms with E-state index in [0.29, 0.717) is 9.90 Å². The summed E-state index contributed by atoms with van der Waals surface area (Å²) in [5.74, 6) is 0. The van der Waals surface area contributed by atoms with Crippen LogP contribution in [0.15, 0.2) is 26.9 Å². The van der Waals surface area contributed by atoms with Crippen LogP contribution in [0, 0.1) is 13.8 Å². The van der Waals surface area contributed by atoms with E-state index >= 15 is 0 Å². The van der Waals surface area contributed by atoms with E-state index in [0.717, 1.165) is 9.35 Å². The van der Waals surface area contributed by atoms with Gasteiger partial charge in [0.05, 0.1) is 19.5 Å². The molecule has 108 valence electrons. The highest BCUT2D eigenvalue weighted by Gasteiger charge is 2.22. The quantitative estimate of drug-likeness (QED) is 0.746. The van der Waals surface area contributed by atoms with Gasteiger partial charge in [-0.3, -0.25) is 4.72 Å². The van der Waals surface area contributed by atoms with E-state index in [1.807, 2.05) is 0 Å². The summed E-state index contributed by atoms with van der Waals surface area (Å²) in [5, 5.41) is 0.559. The molecule has 0 unspecified atom stereocenters. The van der Waals surface area contributed by atoms with Crippen LogP contribution in [0.1, 0.15) is 10.4 Å². The van der Waals surface area contributed by atoms with Crippen molar-refractivity contribution in [2.24, 2.45) is 0 Å². The maximum absolute atomic E-state index is 12.4. The zero-order chi connectivity index (χ0) is 15.1. The van der Waals surface area contributed by atoms with Gasteiger partial charge >= 0.3 is 0 Å². The lowest BCUT2D eigenvalue weighted by atomic mass is 10.2. The third-order valence-corrected chi connectivity index (χ3v) is 6.61. The summed E-state index contributed by atoms with van der Waals surface area (Å²) in [6, 6.07) is 4.89. The molecule has 1 aromatic heterocycles. The van der Waals surface area contributed by atoms with Crippen LogP contribution in [0.5, 0.6) is 0 Å². The summed E-state index contributed by atoms with van der Waals surface area (Å²) < 4.78 is 28.0. The van der Waals surface area contributed by atoms with E-state index in [-0.39, 0.29) is 15.6 Å². The lowest BCUT2D eigenvalue weighted by Gasteiger charge is -2.12. The van der Waals surface area contributed by atoms with Crippen molar-refractivity contribution >= 4 is 66.2 Å². The van der Waals surface area contributed by atoms with Gasteiger partial charge in [-0.15, -0.1) is 11.3 Å². The molecule has 0 spiro atoms. The van der Waals surface area contributed by atoms with Gasteiger partial charge < -0.3 is 0 Å². The number of hydrogen-bond donors (Lipinski definition) is 1. The van der Waals surface area contributed by atoms with E-state index in [2.05, 4.69) is 20.7 Å². The number of benzene rings is 1. The van der Waals surface area contributed by atoms with Crippen LogP contribution in [-0.4, -0.2) is 8.42 Å². The van der Waals surface area contributed by atoms with Crippen LogP contribution in [0.2, 0.25) is 10.0 Å². The normalized spacial score (nSPS) is 11.7. The fraction of sp³-hybridized carbons (Fsp3) is 0.167. The zero-order valence-corrected chi connectivity index (χ0v) is 15.2. The molecule has 3 nitrogen and oxygen atoms in total. The number of thiophene rings is 1. The number of anilines is 1. The molecule has 2 rings (SSSR count). The van der Waals surface area contributed by atoms with Crippen molar-refractivity contribution in [3.8, 4) is 0 Å². The van der Waals surface area contributed by atoms with Crippen LogP contribution in [0.25, 0.3) is 0 Å². The fourth-order valence-corrected chi connectivity index (χ4v) is 5.72. The Kier molecular flexibility index (Phi) is 4.71. The molecule has 0 bridgehead atoms. The molecule has 1 N–H and O–H groups in total. The standard InChI is InChI=1S/C12H10BrCl2NO2S2/c1-6-3-4-8(14)12(11(6)15)16-20(17,18)9-5-10(13)19-7(9)2/h3-5,16H,1-2H3. The minimum absolute atomic E-state index is 0.204. The van der Waals surface area contributed by atoms with E-state index in [4.69, 9.17) is 23.2 Å². The second-order valence-electron chi connectivity index (χ2n) is 4.13. The predicted molar refractivity (Wildman–Crippen MR) is 88.8 cm³/mol. The van der Waals surface area contributed by atoms with E-state index in [9.17, 15) is 8.42 Å². The van der Waals surface area contributed by atoms with Gasteiger partial charge in [-0.25, -0.2) is 8.42 Å². The topological polar surface area (TPSA) is 46.2 Å². The number of halogens is 3. The van der Waals surface area contributed by atoms with E-state index in [1.165, 1.54) is 11.3 Å². The summed E-state index contributed by atoms with van der Waals surface area (Å²) >= 11 is 16.8. The van der Waals surface area contributed by atoms with Gasteiger partial charge in [0.2, 0.25) is 0 Å². The second-order valence-corrected chi connectivity index (χ2v) is 9.20. The van der Waals surface area contributed by atoms with Gasteiger partial charge in [-0.2, -0.15) is 0 Å². The van der Waals surface area contributed by atoms with Crippen LogP contribution in [0.4, 0.5) is 5.69 Å². The SMILES string of the molecule is Cc1ccc(Cl)c(NS(=O)(=O)c2cc(Br)sc2C)c1Cl. The molecule has 0 aliphatic heterocycles. The first-order chi connectivity index (χ1) is 9.22. The van der Waals surface area contributed by atoms with Crippen molar-refractivity contribution in [1.29, 1.82) is 0 Å². The van der Waals surface area contributed by atoms with Crippen molar-refractivity contribution < 1.29 is 8.42 Å². The summed E-state index contributed by atoms with van der Waals surface area (Å²) in [6.07, 6.45) is 0. The minimum Gasteiger partial charge on any atom is -0.277 e. The molecule has 1 aromatic carbocycles. The molecule has 20 heavy (non-hydrogen) atoms. The second kappa shape index (κ2) is 5.85. The molecule has 0 aliphatic carbocycles. The highest BCUT2D eigenvalue weighted by atomic mass is 79.9. The van der Waals surface area contributed by atoms with Gasteiger partial charge in [0, 0.05) is 4.88 Å². The monoisotopic (exact) mass is 413 g/mol. The molecule has 0 aliphatic rings. The summed E-state index contributed by atoms with van der Waals surface area (Å²) in [6.45, 7) is 3.52. The van der Waals surface area contributed by atoms with Gasteiger partial charge in [-0.1, -0.05) is 29.3 Å². The van der Waals surface area contributed by atoms with Crippen molar-refractivity contribution in [2.75, 3.05) is 4.72 Å². The summed E-state index contributed by atoms with van der Waals surface area (Å²) in [5.41, 5.74) is 0.951. The van der Waals surface area contributed by atoms with Crippen molar-refractivity contribution in [3.63, 3.8) is 0 Å². The van der Waals surface area contributed by atoms with Gasteiger partial charge in [0.1, 0.15) is 4.90 Å². The van der Waals surface area contributed by atoms with Crippen LogP contribution in [0.3, 0.4) is 0 Å². The molecule has 8 heteroatoms. The molecule has 2 aromatic rings. The van der Waals surface area contributed by atoms with Crippen LogP contribution >= 0.6 is 50.5 Å². The Hall–Kier alpha value is -0.270. The molecule has 0 atom stereocenters. The first kappa shape index (κ1) is 16.1. The maximum atomic E-state index is 12.4. The average molecular weight is 415 g/mol. The number of nitrogens with one attached hydrogen (secondary N) is 1. The lowest BCUT2D eigenvalue weighted by molar-refractivity contribution is 0.601. The number of hydrogen-bond acceptors (Lipinski definition) is 3. The fourth-order valence-electron chi connectivity index (χ4n) is 1.64. The third-order valence-electron chi connectivity index (χ3n) is 2.65. The Morgan fingerprint density at radius 1 is 1.25 bits per heavy atom. The largest absolute Gasteiger partial charge is 0.277 e. The average Bonchev–Trinajstić information content (AvgIpc) is 2.70. The first-order valence-corrected chi connectivity index (χ1v) is 9.30. The maximum Gasteiger partial charge on any atom is 0.263 e. The number of sulfonamides is 1. The minimum atomic E-state index is -3.72. The third kappa shape index (κ3) is 3.14. The lowest BCUT2D eigenvalue weighted by Crippen LogP contribution is -2.14. The van der Waals surface area contributed by atoms with Crippen molar-refractivity contribution in [2.45, 2.75) is 18.7 Å². The molecular weight excluding hydrogens is 405 g/mol. The molecule has 0 amide bonds. The molecule has 0 saturated heterocycles. The Labute approximate surface area is 140 Å². The zero-order valence-electron chi connectivity index (χ0n) is 10.5. The molecule has 0 saturated carbocycles. The molecular formula is C12H10BrCl2NO2S2. The Balaban J connectivity index is 2.49. The Morgan fingerprint density at radius 3 is 2.45 bits per heavy atom. The van der Waals surface area contributed by atoms with Gasteiger partial charge in [0.25, 0.3) is 10.0 Å². The van der Waals surface area contributed by atoms with Crippen molar-refractivity contribution in [1.82, 2.24) is 0 Å². The number of aryl methyl sites for hydroxylation is 2.